The summed E-state index contributed by atoms with van der Waals surface area (Å²) in [4.78, 5) is 24.8. The average Bonchev–Trinajstić information content (AvgIpc) is 2.76. The topological polar surface area (TPSA) is 52.6 Å². The molecule has 1 aromatic carbocycles. The summed E-state index contributed by atoms with van der Waals surface area (Å²) in [5, 5.41) is 0. The molecule has 0 radical (unpaired) electrons. The Kier molecular flexibility index (Phi) is 15.6. The predicted molar refractivity (Wildman–Crippen MR) is 128 cm³/mol. The Hall–Kier alpha value is -1.84. The van der Waals surface area contributed by atoms with E-state index < -0.39 is 0 Å². The molecule has 0 spiro atoms. The molecule has 0 bridgehead atoms. The molecule has 0 aliphatic heterocycles. The molecular formula is C27H44O4. The number of carbonyl (C=O) groups excluding carboxylic acids is 2. The van der Waals surface area contributed by atoms with Gasteiger partial charge in [0.1, 0.15) is 0 Å². The van der Waals surface area contributed by atoms with E-state index in [1.807, 2.05) is 12.1 Å². The van der Waals surface area contributed by atoms with E-state index in [-0.39, 0.29) is 11.9 Å². The van der Waals surface area contributed by atoms with Crippen LogP contribution in [0.2, 0.25) is 0 Å². The Morgan fingerprint density at radius 2 is 1.16 bits per heavy atom. The van der Waals surface area contributed by atoms with Gasteiger partial charge in [-0.1, -0.05) is 97.1 Å². The minimum atomic E-state index is -0.253. The van der Waals surface area contributed by atoms with Gasteiger partial charge in [0.2, 0.25) is 0 Å². The molecule has 0 aliphatic carbocycles. The van der Waals surface area contributed by atoms with E-state index in [0.717, 1.165) is 76.2 Å². The van der Waals surface area contributed by atoms with Crippen LogP contribution in [0.4, 0.5) is 0 Å². The van der Waals surface area contributed by atoms with Gasteiger partial charge in [0.05, 0.1) is 0 Å². The third-order valence-corrected chi connectivity index (χ3v) is 5.52. The van der Waals surface area contributed by atoms with Crippen molar-refractivity contribution in [1.82, 2.24) is 0 Å². The minimum Gasteiger partial charge on any atom is -0.423 e. The number of rotatable bonds is 18. The van der Waals surface area contributed by atoms with E-state index in [1.54, 1.807) is 6.07 Å². The maximum atomic E-state index is 12.5. The molecule has 0 atom stereocenters. The number of esters is 2. The SMILES string of the molecule is CCCCCCCc1cccc(OC(=O)CCCCCC)c1OC(=O)CCCCCC. The molecule has 0 amide bonds. The fraction of sp³-hybridized carbons (Fsp3) is 0.704. The van der Waals surface area contributed by atoms with Crippen LogP contribution in [0.5, 0.6) is 11.5 Å². The lowest BCUT2D eigenvalue weighted by molar-refractivity contribution is -0.137. The Labute approximate surface area is 190 Å². The second kappa shape index (κ2) is 17.8. The summed E-state index contributed by atoms with van der Waals surface area (Å²) in [5.74, 6) is 0.333. The third-order valence-electron chi connectivity index (χ3n) is 5.52. The van der Waals surface area contributed by atoms with Gasteiger partial charge in [-0.25, -0.2) is 0 Å². The Balaban J connectivity index is 2.79. The maximum Gasteiger partial charge on any atom is 0.311 e. The second-order valence-electron chi connectivity index (χ2n) is 8.48. The van der Waals surface area contributed by atoms with Crippen LogP contribution in [0.15, 0.2) is 18.2 Å². The van der Waals surface area contributed by atoms with Gasteiger partial charge in [-0.15, -0.1) is 0 Å². The van der Waals surface area contributed by atoms with Crippen molar-refractivity contribution in [1.29, 1.82) is 0 Å². The van der Waals surface area contributed by atoms with Crippen molar-refractivity contribution >= 4 is 11.9 Å². The number of hydrogen-bond acceptors (Lipinski definition) is 4. The standard InChI is InChI=1S/C27H44O4/c1-4-7-10-13-14-18-23-19-17-20-24(30-25(28)21-15-11-8-5-2)27(23)31-26(29)22-16-12-9-6-3/h17,19-20H,4-16,18,21-22H2,1-3H3. The summed E-state index contributed by atoms with van der Waals surface area (Å²) < 4.78 is 11.4. The number of ether oxygens (including phenoxy) is 2. The van der Waals surface area contributed by atoms with Gasteiger partial charge in [0.15, 0.2) is 11.5 Å². The zero-order valence-corrected chi connectivity index (χ0v) is 20.2. The first-order valence-electron chi connectivity index (χ1n) is 12.7. The number of benzene rings is 1. The first-order valence-corrected chi connectivity index (χ1v) is 12.7. The summed E-state index contributed by atoms with van der Waals surface area (Å²) in [7, 11) is 0. The minimum absolute atomic E-state index is 0.241. The largest absolute Gasteiger partial charge is 0.423 e. The van der Waals surface area contributed by atoms with Crippen LogP contribution >= 0.6 is 0 Å². The van der Waals surface area contributed by atoms with Gasteiger partial charge in [-0.2, -0.15) is 0 Å². The molecule has 0 aromatic heterocycles. The lowest BCUT2D eigenvalue weighted by atomic mass is 10.0. The van der Waals surface area contributed by atoms with Crippen molar-refractivity contribution in [3.63, 3.8) is 0 Å². The fourth-order valence-corrected chi connectivity index (χ4v) is 3.60. The lowest BCUT2D eigenvalue weighted by Gasteiger charge is -2.15. The van der Waals surface area contributed by atoms with Crippen LogP contribution in [-0.4, -0.2) is 11.9 Å². The van der Waals surface area contributed by atoms with Gasteiger partial charge in [0.25, 0.3) is 0 Å². The highest BCUT2D eigenvalue weighted by atomic mass is 16.6. The number of hydrogen-bond donors (Lipinski definition) is 0. The van der Waals surface area contributed by atoms with E-state index >= 15 is 0 Å². The van der Waals surface area contributed by atoms with Gasteiger partial charge in [-0.3, -0.25) is 9.59 Å². The lowest BCUT2D eigenvalue weighted by Crippen LogP contribution is -2.13. The average molecular weight is 433 g/mol. The van der Waals surface area contributed by atoms with E-state index in [9.17, 15) is 9.59 Å². The monoisotopic (exact) mass is 432 g/mol. The first-order chi connectivity index (χ1) is 15.1. The fourth-order valence-electron chi connectivity index (χ4n) is 3.60. The van der Waals surface area contributed by atoms with Crippen LogP contribution in [0, 0.1) is 0 Å². The molecule has 0 N–H and O–H groups in total. The number of unbranched alkanes of at least 4 members (excludes halogenated alkanes) is 10. The third kappa shape index (κ3) is 12.6. The van der Waals surface area contributed by atoms with Crippen LogP contribution < -0.4 is 9.47 Å². The van der Waals surface area contributed by atoms with E-state index in [2.05, 4.69) is 20.8 Å². The van der Waals surface area contributed by atoms with Crippen molar-refractivity contribution in [2.24, 2.45) is 0 Å². The highest BCUT2D eigenvalue weighted by Crippen LogP contribution is 2.33. The van der Waals surface area contributed by atoms with Crippen molar-refractivity contribution in [2.75, 3.05) is 0 Å². The van der Waals surface area contributed by atoms with Crippen LogP contribution in [0.1, 0.15) is 123 Å². The summed E-state index contributed by atoms with van der Waals surface area (Å²) in [6.07, 6.45) is 15.7. The maximum absolute atomic E-state index is 12.5. The van der Waals surface area contributed by atoms with Gasteiger partial charge in [-0.05, 0) is 37.3 Å². The van der Waals surface area contributed by atoms with Crippen LogP contribution in [0.25, 0.3) is 0 Å². The van der Waals surface area contributed by atoms with Gasteiger partial charge in [0, 0.05) is 12.8 Å². The Bertz CT molecular complexity index is 624. The number of carbonyl (C=O) groups is 2. The molecule has 0 fully saturated rings. The highest BCUT2D eigenvalue weighted by Gasteiger charge is 2.17. The van der Waals surface area contributed by atoms with E-state index in [0.29, 0.717) is 24.3 Å². The molecule has 0 heterocycles. The highest BCUT2D eigenvalue weighted by molar-refractivity contribution is 5.76. The van der Waals surface area contributed by atoms with Gasteiger partial charge < -0.3 is 9.47 Å². The molecule has 1 aromatic rings. The molecule has 176 valence electrons. The van der Waals surface area contributed by atoms with Crippen LogP contribution in [-0.2, 0) is 16.0 Å². The summed E-state index contributed by atoms with van der Waals surface area (Å²) >= 11 is 0. The molecule has 31 heavy (non-hydrogen) atoms. The Morgan fingerprint density at radius 1 is 0.645 bits per heavy atom. The molecule has 0 saturated carbocycles. The normalized spacial score (nSPS) is 10.8. The predicted octanol–water partition coefficient (Wildman–Crippen LogP) is 7.95. The zero-order chi connectivity index (χ0) is 22.7. The van der Waals surface area contributed by atoms with Gasteiger partial charge >= 0.3 is 11.9 Å². The van der Waals surface area contributed by atoms with E-state index in [4.69, 9.17) is 9.47 Å². The summed E-state index contributed by atoms with van der Waals surface area (Å²) in [6, 6.07) is 5.61. The Morgan fingerprint density at radius 3 is 1.74 bits per heavy atom. The number of aryl methyl sites for hydroxylation is 1. The molecule has 4 nitrogen and oxygen atoms in total. The number of para-hydroxylation sites is 1. The van der Waals surface area contributed by atoms with Crippen molar-refractivity contribution in [2.45, 2.75) is 124 Å². The molecular weight excluding hydrogens is 388 g/mol. The van der Waals surface area contributed by atoms with Crippen molar-refractivity contribution in [3.05, 3.63) is 23.8 Å². The smallest absolute Gasteiger partial charge is 0.311 e. The van der Waals surface area contributed by atoms with Crippen molar-refractivity contribution < 1.29 is 19.1 Å². The zero-order valence-electron chi connectivity index (χ0n) is 20.2. The summed E-state index contributed by atoms with van der Waals surface area (Å²) in [6.45, 7) is 6.51. The quantitative estimate of drug-likeness (QED) is 0.134. The molecule has 0 saturated heterocycles. The first kappa shape index (κ1) is 27.2. The second-order valence-corrected chi connectivity index (χ2v) is 8.48. The molecule has 4 heteroatoms. The molecule has 0 aliphatic rings. The summed E-state index contributed by atoms with van der Waals surface area (Å²) in [5.41, 5.74) is 0.953. The van der Waals surface area contributed by atoms with Crippen LogP contribution in [0.3, 0.4) is 0 Å². The van der Waals surface area contributed by atoms with E-state index in [1.165, 1.54) is 19.3 Å². The molecule has 1 rings (SSSR count). The molecule has 0 unspecified atom stereocenters. The van der Waals surface area contributed by atoms with Crippen molar-refractivity contribution in [3.8, 4) is 11.5 Å².